The molecule has 3 rings (SSSR count). The summed E-state index contributed by atoms with van der Waals surface area (Å²) in [7, 11) is 0. The van der Waals surface area contributed by atoms with Gasteiger partial charge in [-0.1, -0.05) is 24.3 Å². The maximum absolute atomic E-state index is 9.66. The number of benzene rings is 1. The first-order chi connectivity index (χ1) is 11.6. The second kappa shape index (κ2) is 7.97. The molecule has 4 nitrogen and oxygen atoms in total. The third-order valence-corrected chi connectivity index (χ3v) is 4.86. The van der Waals surface area contributed by atoms with Gasteiger partial charge in [-0.05, 0) is 49.9 Å². The molecule has 0 aliphatic carbocycles. The molecule has 1 aliphatic rings. The summed E-state index contributed by atoms with van der Waals surface area (Å²) in [6.07, 6.45) is 1.65. The molecule has 1 aromatic heterocycles. The SMILES string of the molecule is Cc1ccc(C(C)NCc2ccccc2CN2CCC(O)CC2)o1. The molecular weight excluding hydrogens is 300 g/mol. The summed E-state index contributed by atoms with van der Waals surface area (Å²) in [5.74, 6) is 1.93. The lowest BCUT2D eigenvalue weighted by molar-refractivity contribution is 0.0791. The van der Waals surface area contributed by atoms with E-state index in [4.69, 9.17) is 4.42 Å². The number of aliphatic hydroxyl groups excluding tert-OH is 1. The lowest BCUT2D eigenvalue weighted by Gasteiger charge is -2.30. The fraction of sp³-hybridized carbons (Fsp3) is 0.500. The van der Waals surface area contributed by atoms with Crippen LogP contribution in [0.5, 0.6) is 0 Å². The molecule has 0 radical (unpaired) electrons. The minimum atomic E-state index is -0.115. The topological polar surface area (TPSA) is 48.6 Å². The molecule has 1 unspecified atom stereocenters. The van der Waals surface area contributed by atoms with Gasteiger partial charge in [0.05, 0.1) is 12.1 Å². The van der Waals surface area contributed by atoms with Gasteiger partial charge in [0.2, 0.25) is 0 Å². The molecule has 1 atom stereocenters. The van der Waals surface area contributed by atoms with Gasteiger partial charge in [-0.15, -0.1) is 0 Å². The number of hydrogen-bond donors (Lipinski definition) is 2. The Bertz CT molecular complexity index is 645. The molecule has 1 aromatic carbocycles. The third-order valence-electron chi connectivity index (χ3n) is 4.86. The molecule has 2 heterocycles. The van der Waals surface area contributed by atoms with Crippen molar-refractivity contribution in [3.63, 3.8) is 0 Å². The van der Waals surface area contributed by atoms with E-state index in [9.17, 15) is 5.11 Å². The molecule has 2 N–H and O–H groups in total. The Balaban J connectivity index is 1.59. The van der Waals surface area contributed by atoms with Gasteiger partial charge in [0.25, 0.3) is 0 Å². The van der Waals surface area contributed by atoms with Crippen molar-refractivity contribution in [1.82, 2.24) is 10.2 Å². The van der Waals surface area contributed by atoms with E-state index in [0.29, 0.717) is 0 Å². The molecule has 0 amide bonds. The number of aryl methyl sites for hydroxylation is 1. The van der Waals surface area contributed by atoms with E-state index < -0.39 is 0 Å². The van der Waals surface area contributed by atoms with Gasteiger partial charge in [-0.3, -0.25) is 4.90 Å². The van der Waals surface area contributed by atoms with Crippen LogP contribution >= 0.6 is 0 Å². The normalized spacial score (nSPS) is 18.0. The highest BCUT2D eigenvalue weighted by molar-refractivity contribution is 5.27. The van der Waals surface area contributed by atoms with Crippen molar-refractivity contribution in [2.24, 2.45) is 0 Å². The third kappa shape index (κ3) is 4.47. The Morgan fingerprint density at radius 2 is 1.88 bits per heavy atom. The van der Waals surface area contributed by atoms with E-state index in [-0.39, 0.29) is 12.1 Å². The van der Waals surface area contributed by atoms with Crippen LogP contribution in [0.3, 0.4) is 0 Å². The molecule has 24 heavy (non-hydrogen) atoms. The molecule has 0 saturated carbocycles. The van der Waals surface area contributed by atoms with Crippen molar-refractivity contribution in [1.29, 1.82) is 0 Å². The van der Waals surface area contributed by atoms with Gasteiger partial charge in [-0.2, -0.15) is 0 Å². The predicted octanol–water partition coefficient (Wildman–Crippen LogP) is 3.40. The van der Waals surface area contributed by atoms with Crippen molar-refractivity contribution in [3.05, 3.63) is 59.0 Å². The summed E-state index contributed by atoms with van der Waals surface area (Å²) in [5.41, 5.74) is 2.70. The van der Waals surface area contributed by atoms with Crippen LogP contribution in [0.2, 0.25) is 0 Å². The number of nitrogens with one attached hydrogen (secondary N) is 1. The molecule has 4 heteroatoms. The zero-order valence-corrected chi connectivity index (χ0v) is 14.7. The maximum atomic E-state index is 9.66. The van der Waals surface area contributed by atoms with Gasteiger partial charge >= 0.3 is 0 Å². The summed E-state index contributed by atoms with van der Waals surface area (Å²) in [5, 5.41) is 13.2. The summed E-state index contributed by atoms with van der Waals surface area (Å²) in [4.78, 5) is 2.44. The van der Waals surface area contributed by atoms with Crippen LogP contribution in [0.1, 0.15) is 48.5 Å². The second-order valence-electron chi connectivity index (χ2n) is 6.83. The van der Waals surface area contributed by atoms with Crippen LogP contribution in [0, 0.1) is 6.92 Å². The predicted molar refractivity (Wildman–Crippen MR) is 95.7 cm³/mol. The first-order valence-electron chi connectivity index (χ1n) is 8.89. The zero-order valence-electron chi connectivity index (χ0n) is 14.7. The lowest BCUT2D eigenvalue weighted by Crippen LogP contribution is -2.35. The highest BCUT2D eigenvalue weighted by Gasteiger charge is 2.18. The Morgan fingerprint density at radius 1 is 1.17 bits per heavy atom. The molecule has 130 valence electrons. The Labute approximate surface area is 144 Å². The molecular formula is C20H28N2O2. The minimum absolute atomic E-state index is 0.115. The fourth-order valence-corrected chi connectivity index (χ4v) is 3.25. The Kier molecular flexibility index (Phi) is 5.72. The standard InChI is InChI=1S/C20H28N2O2/c1-15-7-8-20(24-15)16(2)21-13-17-5-3-4-6-18(17)14-22-11-9-19(23)10-12-22/h3-8,16,19,21,23H,9-14H2,1-2H3. The monoisotopic (exact) mass is 328 g/mol. The fourth-order valence-electron chi connectivity index (χ4n) is 3.25. The Hall–Kier alpha value is -1.62. The van der Waals surface area contributed by atoms with Crippen molar-refractivity contribution in [3.8, 4) is 0 Å². The highest BCUT2D eigenvalue weighted by atomic mass is 16.3. The van der Waals surface area contributed by atoms with E-state index in [2.05, 4.69) is 41.4 Å². The number of rotatable bonds is 6. The van der Waals surface area contributed by atoms with Gasteiger partial charge in [0.15, 0.2) is 0 Å². The minimum Gasteiger partial charge on any atom is -0.465 e. The molecule has 2 aromatic rings. The number of likely N-dealkylation sites (tertiary alicyclic amines) is 1. The maximum Gasteiger partial charge on any atom is 0.120 e. The summed E-state index contributed by atoms with van der Waals surface area (Å²) < 4.78 is 5.70. The molecule has 1 fully saturated rings. The average Bonchev–Trinajstić information content (AvgIpc) is 3.02. The number of piperidine rings is 1. The van der Waals surface area contributed by atoms with Crippen molar-refractivity contribution >= 4 is 0 Å². The number of furan rings is 1. The van der Waals surface area contributed by atoms with Gasteiger partial charge in [0.1, 0.15) is 11.5 Å². The van der Waals surface area contributed by atoms with Crippen molar-refractivity contribution in [2.75, 3.05) is 13.1 Å². The molecule has 1 aliphatic heterocycles. The van der Waals surface area contributed by atoms with E-state index in [0.717, 1.165) is 50.5 Å². The van der Waals surface area contributed by atoms with E-state index >= 15 is 0 Å². The van der Waals surface area contributed by atoms with E-state index in [1.54, 1.807) is 0 Å². The van der Waals surface area contributed by atoms with Gasteiger partial charge in [-0.25, -0.2) is 0 Å². The van der Waals surface area contributed by atoms with Crippen molar-refractivity contribution in [2.45, 2.75) is 51.9 Å². The zero-order chi connectivity index (χ0) is 16.9. The average molecular weight is 328 g/mol. The van der Waals surface area contributed by atoms with E-state index in [1.165, 1.54) is 11.1 Å². The van der Waals surface area contributed by atoms with Gasteiger partial charge in [0, 0.05) is 26.2 Å². The van der Waals surface area contributed by atoms with Crippen LogP contribution in [-0.4, -0.2) is 29.2 Å². The molecule has 1 saturated heterocycles. The second-order valence-corrected chi connectivity index (χ2v) is 6.83. The van der Waals surface area contributed by atoms with Crippen LogP contribution in [-0.2, 0) is 13.1 Å². The summed E-state index contributed by atoms with van der Waals surface area (Å²) in [6, 6.07) is 12.9. The number of hydrogen-bond acceptors (Lipinski definition) is 4. The quantitative estimate of drug-likeness (QED) is 0.853. The summed E-state index contributed by atoms with van der Waals surface area (Å²) >= 11 is 0. The summed E-state index contributed by atoms with van der Waals surface area (Å²) in [6.45, 7) is 7.84. The van der Waals surface area contributed by atoms with Gasteiger partial charge < -0.3 is 14.8 Å². The van der Waals surface area contributed by atoms with Crippen LogP contribution in [0.15, 0.2) is 40.8 Å². The number of aliphatic hydroxyl groups is 1. The van der Waals surface area contributed by atoms with Crippen LogP contribution in [0.25, 0.3) is 0 Å². The first-order valence-corrected chi connectivity index (χ1v) is 8.89. The largest absolute Gasteiger partial charge is 0.465 e. The van der Waals surface area contributed by atoms with Crippen LogP contribution < -0.4 is 5.32 Å². The Morgan fingerprint density at radius 3 is 2.54 bits per heavy atom. The molecule has 0 spiro atoms. The first kappa shape index (κ1) is 17.2. The number of nitrogens with zero attached hydrogens (tertiary/aromatic N) is 1. The van der Waals surface area contributed by atoms with E-state index in [1.807, 2.05) is 19.1 Å². The highest BCUT2D eigenvalue weighted by Crippen LogP contribution is 2.19. The lowest BCUT2D eigenvalue weighted by atomic mass is 10.0. The van der Waals surface area contributed by atoms with Crippen LogP contribution in [0.4, 0.5) is 0 Å². The molecule has 0 bridgehead atoms. The van der Waals surface area contributed by atoms with Crippen molar-refractivity contribution < 1.29 is 9.52 Å². The smallest absolute Gasteiger partial charge is 0.120 e.